The van der Waals surface area contributed by atoms with Gasteiger partial charge in [0.15, 0.2) is 0 Å². The number of sulfonamides is 1. The lowest BCUT2D eigenvalue weighted by Gasteiger charge is -2.13. The molecule has 0 spiro atoms. The van der Waals surface area contributed by atoms with Crippen molar-refractivity contribution in [2.24, 2.45) is 0 Å². The molecule has 2 aromatic rings. The monoisotopic (exact) mass is 324 g/mol. The van der Waals surface area contributed by atoms with Gasteiger partial charge in [-0.05, 0) is 6.07 Å². The molecule has 1 aromatic heterocycles. The maximum atomic E-state index is 12.9. The van der Waals surface area contributed by atoms with Crippen LogP contribution in [0.5, 0.6) is 0 Å². The highest BCUT2D eigenvalue weighted by Gasteiger charge is 2.33. The van der Waals surface area contributed by atoms with Gasteiger partial charge in [-0.1, -0.05) is 23.7 Å². The summed E-state index contributed by atoms with van der Waals surface area (Å²) >= 11 is 5.66. The summed E-state index contributed by atoms with van der Waals surface area (Å²) in [5, 5.41) is -0.213. The molecule has 108 valence electrons. The van der Waals surface area contributed by atoms with Crippen LogP contribution in [-0.4, -0.2) is 19.7 Å². The number of halogens is 4. The average molecular weight is 325 g/mol. The van der Waals surface area contributed by atoms with Crippen LogP contribution in [0.1, 0.15) is 5.56 Å². The second-order valence-electron chi connectivity index (χ2n) is 4.07. The minimum absolute atomic E-state index is 0.0228. The smallest absolute Gasteiger partial charge is 0.283 e. The van der Waals surface area contributed by atoms with Crippen molar-refractivity contribution in [2.75, 3.05) is 11.0 Å². The second-order valence-corrected chi connectivity index (χ2v) is 6.20. The Hall–Kier alpha value is -1.54. The average Bonchev–Trinajstić information content (AvgIpc) is 2.24. The Morgan fingerprint density at radius 1 is 1.30 bits per heavy atom. The number of rotatable bonds is 2. The van der Waals surface area contributed by atoms with E-state index < -0.39 is 27.3 Å². The summed E-state index contributed by atoms with van der Waals surface area (Å²) in [5.74, 6) is 0. The first-order chi connectivity index (χ1) is 9.08. The Kier molecular flexibility index (Phi) is 3.55. The van der Waals surface area contributed by atoms with Gasteiger partial charge in [0, 0.05) is 11.5 Å². The first-order valence-electron chi connectivity index (χ1n) is 5.22. The second kappa shape index (κ2) is 4.78. The standard InChI is InChI=1S/C11H8ClF3N2O2S/c1-20(18,19)17-8-5-9(12)16-10-6(8)3-2-4-7(10)11(13,14)15/h2-5H,1H3,(H,16,17). The number of hydrogen-bond acceptors (Lipinski definition) is 3. The molecule has 0 radical (unpaired) electrons. The minimum Gasteiger partial charge on any atom is -0.283 e. The van der Waals surface area contributed by atoms with Gasteiger partial charge in [-0.25, -0.2) is 13.4 Å². The molecule has 0 atom stereocenters. The molecule has 1 aromatic carbocycles. The number of pyridine rings is 1. The van der Waals surface area contributed by atoms with Gasteiger partial charge in [-0.2, -0.15) is 13.2 Å². The summed E-state index contributed by atoms with van der Waals surface area (Å²) in [7, 11) is -3.65. The van der Waals surface area contributed by atoms with Crippen molar-refractivity contribution in [3.63, 3.8) is 0 Å². The summed E-state index contributed by atoms with van der Waals surface area (Å²) in [4.78, 5) is 3.64. The van der Waals surface area contributed by atoms with Crippen LogP contribution in [0.3, 0.4) is 0 Å². The van der Waals surface area contributed by atoms with E-state index in [1.807, 2.05) is 0 Å². The van der Waals surface area contributed by atoms with Gasteiger partial charge in [0.25, 0.3) is 0 Å². The van der Waals surface area contributed by atoms with Crippen molar-refractivity contribution in [3.05, 3.63) is 35.0 Å². The summed E-state index contributed by atoms with van der Waals surface area (Å²) in [6.45, 7) is 0. The quantitative estimate of drug-likeness (QED) is 0.862. The zero-order valence-electron chi connectivity index (χ0n) is 9.99. The molecule has 0 aliphatic rings. The summed E-state index contributed by atoms with van der Waals surface area (Å²) in [5.41, 5.74) is -1.43. The van der Waals surface area contributed by atoms with Crippen LogP contribution in [0.2, 0.25) is 5.15 Å². The van der Waals surface area contributed by atoms with E-state index in [-0.39, 0.29) is 16.2 Å². The zero-order chi connectivity index (χ0) is 15.1. The molecular weight excluding hydrogens is 317 g/mol. The van der Waals surface area contributed by atoms with Crippen molar-refractivity contribution in [1.82, 2.24) is 4.98 Å². The van der Waals surface area contributed by atoms with Gasteiger partial charge in [0.1, 0.15) is 5.15 Å². The molecule has 20 heavy (non-hydrogen) atoms. The van der Waals surface area contributed by atoms with Gasteiger partial charge < -0.3 is 0 Å². The van der Waals surface area contributed by atoms with Crippen LogP contribution in [0.4, 0.5) is 18.9 Å². The Morgan fingerprint density at radius 2 is 1.95 bits per heavy atom. The number of hydrogen-bond donors (Lipinski definition) is 1. The number of fused-ring (bicyclic) bond motifs is 1. The third kappa shape index (κ3) is 3.13. The van der Waals surface area contributed by atoms with Gasteiger partial charge >= 0.3 is 6.18 Å². The minimum atomic E-state index is -4.61. The Bertz CT molecular complexity index is 775. The van der Waals surface area contributed by atoms with E-state index in [1.54, 1.807) is 0 Å². The van der Waals surface area contributed by atoms with Gasteiger partial charge in [-0.15, -0.1) is 0 Å². The molecule has 0 bridgehead atoms. The fourth-order valence-corrected chi connectivity index (χ4v) is 2.49. The van der Waals surface area contributed by atoms with E-state index in [0.717, 1.165) is 18.4 Å². The fourth-order valence-electron chi connectivity index (χ4n) is 1.73. The summed E-state index contributed by atoms with van der Waals surface area (Å²) in [6.07, 6.45) is -3.72. The maximum Gasteiger partial charge on any atom is 0.418 e. The number of anilines is 1. The molecule has 2 rings (SSSR count). The number of para-hydroxylation sites is 1. The SMILES string of the molecule is CS(=O)(=O)Nc1cc(Cl)nc2c(C(F)(F)F)cccc12. The first kappa shape index (κ1) is 14.9. The Labute approximate surface area is 117 Å². The van der Waals surface area contributed by atoms with Crippen molar-refractivity contribution in [3.8, 4) is 0 Å². The van der Waals surface area contributed by atoms with Crippen LogP contribution in [-0.2, 0) is 16.2 Å². The highest BCUT2D eigenvalue weighted by Crippen LogP contribution is 2.36. The molecule has 1 N–H and O–H groups in total. The molecular formula is C11H8ClF3N2O2S. The lowest BCUT2D eigenvalue weighted by Crippen LogP contribution is -2.11. The first-order valence-corrected chi connectivity index (χ1v) is 7.49. The van der Waals surface area contributed by atoms with E-state index in [4.69, 9.17) is 11.6 Å². The highest BCUT2D eigenvalue weighted by atomic mass is 35.5. The largest absolute Gasteiger partial charge is 0.418 e. The molecule has 0 amide bonds. The Morgan fingerprint density at radius 3 is 2.50 bits per heavy atom. The van der Waals surface area contributed by atoms with Crippen molar-refractivity contribution >= 4 is 38.2 Å². The summed E-state index contributed by atoms with van der Waals surface area (Å²) in [6, 6.07) is 4.52. The topological polar surface area (TPSA) is 59.1 Å². The third-order valence-corrected chi connectivity index (χ3v) is 3.19. The summed E-state index contributed by atoms with van der Waals surface area (Å²) < 4.78 is 63.3. The number of nitrogens with zero attached hydrogens (tertiary/aromatic N) is 1. The van der Waals surface area contributed by atoms with Crippen molar-refractivity contribution in [1.29, 1.82) is 0 Å². The maximum absolute atomic E-state index is 12.9. The van der Waals surface area contributed by atoms with Crippen molar-refractivity contribution in [2.45, 2.75) is 6.18 Å². The normalized spacial score (nSPS) is 12.7. The van der Waals surface area contributed by atoms with E-state index in [9.17, 15) is 21.6 Å². The van der Waals surface area contributed by atoms with Crippen LogP contribution in [0.25, 0.3) is 10.9 Å². The fraction of sp³-hybridized carbons (Fsp3) is 0.182. The van der Waals surface area contributed by atoms with Gasteiger partial charge in [-0.3, -0.25) is 4.72 Å². The number of aromatic nitrogens is 1. The zero-order valence-corrected chi connectivity index (χ0v) is 11.6. The Balaban J connectivity index is 2.80. The molecule has 9 heteroatoms. The van der Waals surface area contributed by atoms with E-state index in [2.05, 4.69) is 9.71 Å². The van der Waals surface area contributed by atoms with Crippen LogP contribution >= 0.6 is 11.6 Å². The molecule has 0 fully saturated rings. The highest BCUT2D eigenvalue weighted by molar-refractivity contribution is 7.92. The third-order valence-electron chi connectivity index (χ3n) is 2.41. The van der Waals surface area contributed by atoms with Crippen LogP contribution in [0, 0.1) is 0 Å². The lowest BCUT2D eigenvalue weighted by molar-refractivity contribution is -0.136. The number of benzene rings is 1. The van der Waals surface area contributed by atoms with E-state index >= 15 is 0 Å². The predicted octanol–water partition coefficient (Wildman–Crippen LogP) is 3.28. The van der Waals surface area contributed by atoms with Crippen molar-refractivity contribution < 1.29 is 21.6 Å². The molecule has 4 nitrogen and oxygen atoms in total. The molecule has 1 heterocycles. The van der Waals surface area contributed by atoms with E-state index in [0.29, 0.717) is 0 Å². The molecule has 0 saturated heterocycles. The molecule has 0 unspecified atom stereocenters. The molecule has 0 aliphatic heterocycles. The van der Waals surface area contributed by atoms with Crippen LogP contribution < -0.4 is 4.72 Å². The number of alkyl halides is 3. The molecule has 0 aliphatic carbocycles. The molecule has 0 saturated carbocycles. The van der Waals surface area contributed by atoms with Crippen LogP contribution in [0.15, 0.2) is 24.3 Å². The number of nitrogens with one attached hydrogen (secondary N) is 1. The van der Waals surface area contributed by atoms with E-state index in [1.165, 1.54) is 12.1 Å². The van der Waals surface area contributed by atoms with Gasteiger partial charge in [0.05, 0.1) is 23.0 Å². The predicted molar refractivity (Wildman–Crippen MR) is 70.2 cm³/mol. The van der Waals surface area contributed by atoms with Gasteiger partial charge in [0.2, 0.25) is 10.0 Å². The lowest BCUT2D eigenvalue weighted by atomic mass is 10.1.